The summed E-state index contributed by atoms with van der Waals surface area (Å²) in [6, 6.07) is 8.29. The number of benzene rings is 1. The van der Waals surface area contributed by atoms with Gasteiger partial charge in [-0.1, -0.05) is 31.2 Å². The van der Waals surface area contributed by atoms with Crippen molar-refractivity contribution in [3.05, 3.63) is 70.7 Å². The molecule has 7 rings (SSSR count). The highest BCUT2D eigenvalue weighted by Gasteiger charge is 2.69. The molecule has 2 aliphatic heterocycles. The molecule has 5 aliphatic rings. The Labute approximate surface area is 212 Å². The number of aromatic nitrogens is 1. The zero-order chi connectivity index (χ0) is 25.1. The fourth-order valence-electron chi connectivity index (χ4n) is 8.88. The lowest BCUT2D eigenvalue weighted by molar-refractivity contribution is -0.873. The number of hydrogen-bond donors (Lipinski definition) is 2. The van der Waals surface area contributed by atoms with Crippen LogP contribution in [0.2, 0.25) is 0 Å². The average Bonchev–Trinajstić information content (AvgIpc) is 3.36. The molecule has 2 bridgehead atoms. The fraction of sp³-hybridized carbons (Fsp3) is 0.567. The van der Waals surface area contributed by atoms with Crippen LogP contribution in [0.4, 0.5) is 0 Å². The first-order valence-corrected chi connectivity index (χ1v) is 13.4. The minimum absolute atomic E-state index is 0.0658. The molecule has 1 saturated heterocycles. The molecule has 3 heterocycles. The van der Waals surface area contributed by atoms with E-state index in [0.29, 0.717) is 18.3 Å². The molecule has 6 nitrogen and oxygen atoms in total. The Morgan fingerprint density at radius 2 is 1.94 bits per heavy atom. The summed E-state index contributed by atoms with van der Waals surface area (Å²) in [6.07, 6.45) is 11.5. The Morgan fingerprint density at radius 3 is 2.75 bits per heavy atom. The van der Waals surface area contributed by atoms with Crippen LogP contribution in [-0.4, -0.2) is 63.4 Å². The molecule has 1 aromatic heterocycles. The minimum atomic E-state index is -1.08. The molecule has 36 heavy (non-hydrogen) atoms. The lowest BCUT2D eigenvalue weighted by Crippen LogP contribution is -2.65. The Kier molecular flexibility index (Phi) is 4.65. The highest BCUT2D eigenvalue weighted by atomic mass is 16.6. The number of likely N-dealkylation sites (N-methyl/N-ethyl adjacent to an activating group) is 1. The second kappa shape index (κ2) is 7.27. The topological polar surface area (TPSA) is 85.6 Å². The Morgan fingerprint density at radius 1 is 1.11 bits per heavy atom. The van der Waals surface area contributed by atoms with E-state index in [-0.39, 0.29) is 11.0 Å². The van der Waals surface area contributed by atoms with Gasteiger partial charge in [-0.15, -0.1) is 0 Å². The van der Waals surface area contributed by atoms with Crippen LogP contribution in [0.3, 0.4) is 0 Å². The van der Waals surface area contributed by atoms with Gasteiger partial charge in [-0.05, 0) is 83.6 Å². The summed E-state index contributed by atoms with van der Waals surface area (Å²) in [7, 11) is 3.12. The molecule has 0 unspecified atom stereocenters. The first-order chi connectivity index (χ1) is 17.1. The van der Waals surface area contributed by atoms with Crippen LogP contribution in [0.25, 0.3) is 10.8 Å². The van der Waals surface area contributed by atoms with E-state index in [0.717, 1.165) is 37.7 Å². The molecule has 1 aromatic carbocycles. The van der Waals surface area contributed by atoms with Gasteiger partial charge in [-0.3, -0.25) is 4.98 Å². The molecule has 2 spiro atoms. The molecule has 190 valence electrons. The van der Waals surface area contributed by atoms with E-state index in [9.17, 15) is 15.4 Å². The average molecular weight is 489 g/mol. The summed E-state index contributed by atoms with van der Waals surface area (Å²) in [5, 5.41) is 37.4. The van der Waals surface area contributed by atoms with Crippen molar-refractivity contribution in [2.45, 2.75) is 80.8 Å². The number of fused-ring (bicyclic) bond motifs is 2. The van der Waals surface area contributed by atoms with Gasteiger partial charge in [0.1, 0.15) is 18.2 Å². The Bertz CT molecular complexity index is 1310. The summed E-state index contributed by atoms with van der Waals surface area (Å²) >= 11 is 0. The number of ether oxygens (including phenoxy) is 1. The van der Waals surface area contributed by atoms with Crippen molar-refractivity contribution in [2.24, 2.45) is 11.3 Å². The molecule has 2 aromatic rings. The monoisotopic (exact) mass is 488 g/mol. The van der Waals surface area contributed by atoms with Crippen LogP contribution < -0.4 is 0 Å². The lowest BCUT2D eigenvalue weighted by atomic mass is 9.58. The van der Waals surface area contributed by atoms with E-state index in [1.54, 1.807) is 14.1 Å². The van der Waals surface area contributed by atoms with Gasteiger partial charge in [-0.25, -0.2) is 0 Å². The van der Waals surface area contributed by atoms with E-state index >= 15 is 0 Å². The smallest absolute Gasteiger partial charge is 0.136 e. The maximum absolute atomic E-state index is 12.9. The fourth-order valence-corrected chi connectivity index (χ4v) is 8.88. The zero-order valence-electron chi connectivity index (χ0n) is 21.4. The van der Waals surface area contributed by atoms with E-state index in [4.69, 9.17) is 4.74 Å². The lowest BCUT2D eigenvalue weighted by Gasteiger charge is -2.57. The molecule has 0 amide bonds. The molecule has 8 atom stereocenters. The first-order valence-electron chi connectivity index (χ1n) is 13.4. The largest absolute Gasteiger partial charge is 0.633 e. The highest BCUT2D eigenvalue weighted by molar-refractivity contribution is 5.82. The second-order valence-electron chi connectivity index (χ2n) is 12.8. The molecule has 3 fully saturated rings. The molecule has 2 saturated carbocycles. The molecular formula is C30H36N2O4. The summed E-state index contributed by atoms with van der Waals surface area (Å²) in [5.74, 6) is 0.808. The van der Waals surface area contributed by atoms with Crippen LogP contribution in [0.1, 0.15) is 56.9 Å². The summed E-state index contributed by atoms with van der Waals surface area (Å²) in [4.78, 5) is 4.34. The Balaban J connectivity index is 1.29. The quantitative estimate of drug-likeness (QED) is 0.485. The highest BCUT2D eigenvalue weighted by Crippen LogP contribution is 2.69. The number of aliphatic hydroxyl groups excluding tert-OH is 2. The molecule has 6 heteroatoms. The van der Waals surface area contributed by atoms with Gasteiger partial charge in [-0.2, -0.15) is 0 Å². The van der Waals surface area contributed by atoms with Crippen molar-refractivity contribution >= 4 is 10.8 Å². The summed E-state index contributed by atoms with van der Waals surface area (Å²) < 4.78 is 6.56. The van der Waals surface area contributed by atoms with Crippen LogP contribution in [0.15, 0.2) is 60.0 Å². The van der Waals surface area contributed by atoms with Gasteiger partial charge in [0.25, 0.3) is 0 Å². The predicted molar refractivity (Wildman–Crippen MR) is 138 cm³/mol. The van der Waals surface area contributed by atoms with Crippen molar-refractivity contribution in [2.75, 3.05) is 14.1 Å². The van der Waals surface area contributed by atoms with Crippen LogP contribution in [-0.2, 0) is 4.74 Å². The number of rotatable bonds is 2. The molecular weight excluding hydrogens is 452 g/mol. The number of aliphatic hydroxyl groups is 2. The van der Waals surface area contributed by atoms with Crippen molar-refractivity contribution in [1.29, 1.82) is 0 Å². The number of allylic oxidation sites excluding steroid dienone is 1. The normalized spacial score (nSPS) is 43.4. The van der Waals surface area contributed by atoms with E-state index in [2.05, 4.69) is 48.3 Å². The van der Waals surface area contributed by atoms with Gasteiger partial charge < -0.3 is 24.8 Å². The molecule has 2 N–H and O–H groups in total. The maximum Gasteiger partial charge on any atom is 0.136 e. The second-order valence-corrected chi connectivity index (χ2v) is 12.8. The number of quaternary nitrogens is 1. The van der Waals surface area contributed by atoms with Crippen LogP contribution in [0, 0.1) is 16.5 Å². The van der Waals surface area contributed by atoms with Crippen molar-refractivity contribution in [3.8, 4) is 0 Å². The third kappa shape index (κ3) is 2.88. The van der Waals surface area contributed by atoms with Crippen LogP contribution in [0.5, 0.6) is 0 Å². The van der Waals surface area contributed by atoms with Crippen molar-refractivity contribution < 1.29 is 19.6 Å². The van der Waals surface area contributed by atoms with Crippen molar-refractivity contribution in [3.63, 3.8) is 0 Å². The standard InChI is InChI=1S/C30H36N2O4/c1-28-10-8-21-15-23-26(33)27(34)24(32(2,3)35)16-29(23)11-12-30(21,36-29)25(28)7-6-22(28)19-5-4-18-9-13-31-17-20(18)14-19/h4-5,8-9,13-15,17,22,24-27,33-34H,6-7,10-12,16H2,1-3H3/t22-,24+,25-,26-,27-,28-,29-,30-/m1/s1. The number of hydrogen-bond acceptors (Lipinski definition) is 5. The van der Waals surface area contributed by atoms with Crippen LogP contribution >= 0.6 is 0 Å². The van der Waals surface area contributed by atoms with Gasteiger partial charge in [0.2, 0.25) is 0 Å². The minimum Gasteiger partial charge on any atom is -0.633 e. The van der Waals surface area contributed by atoms with Crippen molar-refractivity contribution in [1.82, 2.24) is 4.98 Å². The van der Waals surface area contributed by atoms with Gasteiger partial charge in [0, 0.05) is 24.2 Å². The first kappa shape index (κ1) is 23.1. The molecule has 3 aliphatic carbocycles. The summed E-state index contributed by atoms with van der Waals surface area (Å²) in [5.41, 5.74) is 2.37. The van der Waals surface area contributed by atoms with Gasteiger partial charge in [0.05, 0.1) is 25.3 Å². The maximum atomic E-state index is 12.9. The third-order valence-corrected chi connectivity index (χ3v) is 10.7. The predicted octanol–water partition coefficient (Wildman–Crippen LogP) is 4.36. The SMILES string of the molecule is C[C@]12CC=C3C=C4[C@@H](O)[C@H](O)[C@@H]([N+](C)(C)[O-])C[C@]45CC[C@]3(O5)[C@@H]1CC[C@@H]2c1ccc2ccncc2c1. The van der Waals surface area contributed by atoms with E-state index in [1.807, 2.05) is 12.4 Å². The van der Waals surface area contributed by atoms with E-state index in [1.165, 1.54) is 21.9 Å². The Hall–Kier alpha value is -2.09. The third-order valence-electron chi connectivity index (χ3n) is 10.7. The van der Waals surface area contributed by atoms with Gasteiger partial charge in [0.15, 0.2) is 0 Å². The summed E-state index contributed by atoms with van der Waals surface area (Å²) in [6.45, 7) is 2.44. The van der Waals surface area contributed by atoms with Gasteiger partial charge >= 0.3 is 0 Å². The number of pyridine rings is 1. The zero-order valence-corrected chi connectivity index (χ0v) is 21.4. The van der Waals surface area contributed by atoms with E-state index < -0.39 is 28.5 Å². The number of nitrogens with zero attached hydrogens (tertiary/aromatic N) is 2. The number of hydroxylamine groups is 3. The molecule has 0 radical (unpaired) electrons.